The lowest BCUT2D eigenvalue weighted by atomic mass is 10.1. The summed E-state index contributed by atoms with van der Waals surface area (Å²) in [5.41, 5.74) is 3.65. The second-order valence-electron chi connectivity index (χ2n) is 8.07. The molecule has 0 radical (unpaired) electrons. The SMILES string of the molecule is Clc1cccc(-n2ncc3c(N4CCN(c5cc(-c6ccccc6)ncn5)CC4)ncnc32)c1. The van der Waals surface area contributed by atoms with Crippen molar-refractivity contribution >= 4 is 34.3 Å². The molecule has 1 aliphatic heterocycles. The Kier molecular flexibility index (Phi) is 5.27. The van der Waals surface area contributed by atoms with Crippen LogP contribution in [0.5, 0.6) is 0 Å². The van der Waals surface area contributed by atoms with E-state index in [9.17, 15) is 0 Å². The van der Waals surface area contributed by atoms with Gasteiger partial charge in [-0.05, 0) is 18.2 Å². The quantitative estimate of drug-likeness (QED) is 0.390. The number of benzene rings is 2. The Labute approximate surface area is 201 Å². The third-order valence-corrected chi connectivity index (χ3v) is 6.26. The maximum absolute atomic E-state index is 6.18. The fourth-order valence-electron chi connectivity index (χ4n) is 4.31. The van der Waals surface area contributed by atoms with Crippen molar-refractivity contribution in [3.05, 3.63) is 84.5 Å². The molecule has 6 rings (SSSR count). The Morgan fingerprint density at radius 3 is 2.35 bits per heavy atom. The summed E-state index contributed by atoms with van der Waals surface area (Å²) in [5.74, 6) is 1.83. The van der Waals surface area contributed by atoms with Gasteiger partial charge in [-0.1, -0.05) is 48.0 Å². The van der Waals surface area contributed by atoms with E-state index in [1.54, 1.807) is 17.3 Å². The fraction of sp³-hybridized carbons (Fsp3) is 0.160. The van der Waals surface area contributed by atoms with E-state index in [2.05, 4.69) is 53.0 Å². The van der Waals surface area contributed by atoms with Crippen molar-refractivity contribution in [2.24, 2.45) is 0 Å². The van der Waals surface area contributed by atoms with Gasteiger partial charge in [0.05, 0.1) is 23.0 Å². The van der Waals surface area contributed by atoms with Crippen molar-refractivity contribution in [2.75, 3.05) is 36.0 Å². The fourth-order valence-corrected chi connectivity index (χ4v) is 4.50. The largest absolute Gasteiger partial charge is 0.353 e. The van der Waals surface area contributed by atoms with Gasteiger partial charge >= 0.3 is 0 Å². The number of anilines is 2. The third kappa shape index (κ3) is 3.82. The first-order chi connectivity index (χ1) is 16.8. The van der Waals surface area contributed by atoms with Crippen LogP contribution in [0.3, 0.4) is 0 Å². The van der Waals surface area contributed by atoms with Crippen LogP contribution in [0.1, 0.15) is 0 Å². The summed E-state index contributed by atoms with van der Waals surface area (Å²) in [4.78, 5) is 22.6. The summed E-state index contributed by atoms with van der Waals surface area (Å²) >= 11 is 6.18. The molecule has 0 aliphatic carbocycles. The van der Waals surface area contributed by atoms with E-state index in [4.69, 9.17) is 11.6 Å². The average molecular weight is 469 g/mol. The lowest BCUT2D eigenvalue weighted by molar-refractivity contribution is 0.642. The molecule has 5 aromatic rings. The van der Waals surface area contributed by atoms with Crippen molar-refractivity contribution in [3.63, 3.8) is 0 Å². The standard InChI is InChI=1S/C25H21ClN8/c26-19-7-4-8-20(13-19)34-25-21(15-31-34)24(29-17-30-25)33-11-9-32(10-12-33)23-14-22(27-16-28-23)18-5-2-1-3-6-18/h1-8,13-17H,9-12H2. The van der Waals surface area contributed by atoms with E-state index >= 15 is 0 Å². The van der Waals surface area contributed by atoms with Gasteiger partial charge in [-0.25, -0.2) is 24.6 Å². The lowest BCUT2D eigenvalue weighted by Gasteiger charge is -2.36. The first-order valence-corrected chi connectivity index (χ1v) is 11.5. The van der Waals surface area contributed by atoms with Crippen LogP contribution in [0.2, 0.25) is 5.02 Å². The summed E-state index contributed by atoms with van der Waals surface area (Å²) in [7, 11) is 0. The summed E-state index contributed by atoms with van der Waals surface area (Å²) in [6.45, 7) is 3.30. The molecule has 1 aliphatic rings. The van der Waals surface area contributed by atoms with E-state index < -0.39 is 0 Å². The number of piperazine rings is 1. The molecule has 2 aromatic carbocycles. The summed E-state index contributed by atoms with van der Waals surface area (Å²) in [6.07, 6.45) is 5.07. The van der Waals surface area contributed by atoms with E-state index in [1.165, 1.54) is 0 Å². The zero-order valence-corrected chi connectivity index (χ0v) is 19.0. The van der Waals surface area contributed by atoms with Crippen molar-refractivity contribution in [1.29, 1.82) is 0 Å². The molecule has 0 spiro atoms. The number of hydrogen-bond acceptors (Lipinski definition) is 7. The Bertz CT molecular complexity index is 1440. The molecule has 0 amide bonds. The van der Waals surface area contributed by atoms with Crippen LogP contribution in [-0.2, 0) is 0 Å². The minimum absolute atomic E-state index is 0.659. The van der Waals surface area contributed by atoms with Gasteiger partial charge in [0.2, 0.25) is 0 Å². The average Bonchev–Trinajstić information content (AvgIpc) is 3.34. The molecule has 0 bridgehead atoms. The molecular formula is C25H21ClN8. The number of halogens is 1. The first-order valence-electron chi connectivity index (χ1n) is 11.1. The first kappa shape index (κ1) is 20.6. The highest BCUT2D eigenvalue weighted by Gasteiger charge is 2.22. The van der Waals surface area contributed by atoms with Crippen LogP contribution in [0, 0.1) is 0 Å². The number of hydrogen-bond donors (Lipinski definition) is 0. The van der Waals surface area contributed by atoms with E-state index in [1.807, 2.05) is 48.7 Å². The second-order valence-corrected chi connectivity index (χ2v) is 8.51. The van der Waals surface area contributed by atoms with Gasteiger partial charge in [0.15, 0.2) is 5.65 Å². The van der Waals surface area contributed by atoms with E-state index in [0.29, 0.717) is 5.02 Å². The maximum atomic E-state index is 6.18. The highest BCUT2D eigenvalue weighted by Crippen LogP contribution is 2.27. The smallest absolute Gasteiger partial charge is 0.168 e. The summed E-state index contributed by atoms with van der Waals surface area (Å²) < 4.78 is 1.80. The Balaban J connectivity index is 1.23. The van der Waals surface area contributed by atoms with Gasteiger partial charge in [-0.3, -0.25) is 0 Å². The van der Waals surface area contributed by atoms with Gasteiger partial charge < -0.3 is 9.80 Å². The van der Waals surface area contributed by atoms with Gasteiger partial charge in [-0.2, -0.15) is 5.10 Å². The molecule has 1 fully saturated rings. The van der Waals surface area contributed by atoms with Crippen molar-refractivity contribution < 1.29 is 0 Å². The van der Waals surface area contributed by atoms with Crippen molar-refractivity contribution in [2.45, 2.75) is 0 Å². The Morgan fingerprint density at radius 2 is 1.53 bits per heavy atom. The number of nitrogens with zero attached hydrogens (tertiary/aromatic N) is 8. The Hall–Kier alpha value is -4.04. The molecule has 34 heavy (non-hydrogen) atoms. The Morgan fingerprint density at radius 1 is 0.735 bits per heavy atom. The van der Waals surface area contributed by atoms with Crippen molar-refractivity contribution in [1.82, 2.24) is 29.7 Å². The predicted molar refractivity (Wildman–Crippen MR) is 134 cm³/mol. The maximum Gasteiger partial charge on any atom is 0.168 e. The normalized spacial score (nSPS) is 14.0. The van der Waals surface area contributed by atoms with E-state index in [-0.39, 0.29) is 0 Å². The van der Waals surface area contributed by atoms with E-state index in [0.717, 1.165) is 65.8 Å². The highest BCUT2D eigenvalue weighted by molar-refractivity contribution is 6.30. The monoisotopic (exact) mass is 468 g/mol. The van der Waals surface area contributed by atoms with Crippen molar-refractivity contribution in [3.8, 4) is 16.9 Å². The minimum Gasteiger partial charge on any atom is -0.353 e. The molecule has 0 unspecified atom stereocenters. The van der Waals surface area contributed by atoms with Crippen LogP contribution >= 0.6 is 11.6 Å². The molecule has 4 heterocycles. The molecular weight excluding hydrogens is 448 g/mol. The minimum atomic E-state index is 0.659. The zero-order valence-electron chi connectivity index (χ0n) is 18.3. The number of rotatable bonds is 4. The highest BCUT2D eigenvalue weighted by atomic mass is 35.5. The third-order valence-electron chi connectivity index (χ3n) is 6.02. The second kappa shape index (κ2) is 8.72. The zero-order chi connectivity index (χ0) is 22.9. The molecule has 0 atom stereocenters. The number of fused-ring (bicyclic) bond motifs is 1. The van der Waals surface area contributed by atoms with Crippen LogP contribution in [0.25, 0.3) is 28.0 Å². The predicted octanol–water partition coefficient (Wildman–Crippen LogP) is 4.25. The van der Waals surface area contributed by atoms with Crippen LogP contribution in [0.4, 0.5) is 11.6 Å². The van der Waals surface area contributed by atoms with Gasteiger partial charge in [0.25, 0.3) is 0 Å². The van der Waals surface area contributed by atoms with Gasteiger partial charge in [-0.15, -0.1) is 0 Å². The number of aromatic nitrogens is 6. The molecule has 168 valence electrons. The van der Waals surface area contributed by atoms with Gasteiger partial charge in [0.1, 0.15) is 24.3 Å². The van der Waals surface area contributed by atoms with Crippen LogP contribution < -0.4 is 9.80 Å². The molecule has 8 nitrogen and oxygen atoms in total. The topological polar surface area (TPSA) is 75.9 Å². The lowest BCUT2D eigenvalue weighted by Crippen LogP contribution is -2.47. The van der Waals surface area contributed by atoms with Crippen LogP contribution in [-0.4, -0.2) is 55.9 Å². The molecule has 0 N–H and O–H groups in total. The molecule has 1 saturated heterocycles. The molecule has 9 heteroatoms. The van der Waals surface area contributed by atoms with Gasteiger partial charge in [0, 0.05) is 42.8 Å². The molecule has 0 saturated carbocycles. The summed E-state index contributed by atoms with van der Waals surface area (Å²) in [5, 5.41) is 6.14. The summed E-state index contributed by atoms with van der Waals surface area (Å²) in [6, 6.07) is 19.8. The molecule has 3 aromatic heterocycles. The van der Waals surface area contributed by atoms with Crippen LogP contribution in [0.15, 0.2) is 79.5 Å².